The summed E-state index contributed by atoms with van der Waals surface area (Å²) in [6.07, 6.45) is 4.47. The van der Waals surface area contributed by atoms with E-state index in [1.165, 1.54) is 0 Å². The summed E-state index contributed by atoms with van der Waals surface area (Å²) < 4.78 is 7.18. The number of ether oxygens (including phenoxy) is 1. The molecule has 138 valence electrons. The second-order valence-electron chi connectivity index (χ2n) is 6.25. The highest BCUT2D eigenvalue weighted by atomic mass is 16.5. The summed E-state index contributed by atoms with van der Waals surface area (Å²) in [6.45, 7) is 4.54. The minimum Gasteiger partial charge on any atom is -0.464 e. The zero-order valence-electron chi connectivity index (χ0n) is 14.6. The van der Waals surface area contributed by atoms with E-state index in [4.69, 9.17) is 16.2 Å². The van der Waals surface area contributed by atoms with Crippen molar-refractivity contribution in [1.82, 2.24) is 19.5 Å². The van der Waals surface area contributed by atoms with E-state index in [9.17, 15) is 9.90 Å². The normalized spacial score (nSPS) is 15.0. The molecular formula is C16H26N6O3. The number of hydrogen-bond acceptors (Lipinski definition) is 8. The first kappa shape index (κ1) is 19.1. The number of imidazole rings is 1. The van der Waals surface area contributed by atoms with Gasteiger partial charge in [-0.25, -0.2) is 9.97 Å². The molecule has 0 radical (unpaired) electrons. The van der Waals surface area contributed by atoms with Crippen LogP contribution in [0.25, 0.3) is 11.2 Å². The van der Waals surface area contributed by atoms with Crippen molar-refractivity contribution in [3.8, 4) is 0 Å². The Hall–Kier alpha value is -2.26. The first-order chi connectivity index (χ1) is 12.0. The van der Waals surface area contributed by atoms with Crippen LogP contribution in [-0.2, 0) is 16.1 Å². The van der Waals surface area contributed by atoms with Gasteiger partial charge in [0.2, 0.25) is 5.95 Å². The number of rotatable bonds is 9. The van der Waals surface area contributed by atoms with E-state index in [1.54, 1.807) is 12.5 Å². The SMILES string of the molecule is CC[C@H](C)[C@H](N)C(=O)OCC(CCO)Cn1cnc2cnc(N)nc21. The molecule has 0 saturated carbocycles. The van der Waals surface area contributed by atoms with Gasteiger partial charge in [0.05, 0.1) is 19.1 Å². The molecular weight excluding hydrogens is 324 g/mol. The highest BCUT2D eigenvalue weighted by molar-refractivity contribution is 5.75. The van der Waals surface area contributed by atoms with Crippen molar-refractivity contribution in [1.29, 1.82) is 0 Å². The molecule has 2 heterocycles. The first-order valence-corrected chi connectivity index (χ1v) is 8.42. The largest absolute Gasteiger partial charge is 0.464 e. The first-order valence-electron chi connectivity index (χ1n) is 8.42. The lowest BCUT2D eigenvalue weighted by atomic mass is 10.0. The van der Waals surface area contributed by atoms with Crippen LogP contribution < -0.4 is 11.5 Å². The quantitative estimate of drug-likeness (QED) is 0.549. The minimum atomic E-state index is -0.638. The predicted octanol–water partition coefficient (Wildman–Crippen LogP) is 0.324. The number of hydrogen-bond donors (Lipinski definition) is 3. The average molecular weight is 350 g/mol. The lowest BCUT2D eigenvalue weighted by Crippen LogP contribution is -2.39. The molecule has 25 heavy (non-hydrogen) atoms. The van der Waals surface area contributed by atoms with Crippen LogP contribution >= 0.6 is 0 Å². The number of aromatic nitrogens is 4. The van der Waals surface area contributed by atoms with Crippen LogP contribution in [0.15, 0.2) is 12.5 Å². The summed E-state index contributed by atoms with van der Waals surface area (Å²) >= 11 is 0. The summed E-state index contributed by atoms with van der Waals surface area (Å²) in [6, 6.07) is -0.638. The molecule has 2 aromatic heterocycles. The molecule has 2 aromatic rings. The molecule has 1 unspecified atom stereocenters. The average Bonchev–Trinajstić information content (AvgIpc) is 3.00. The van der Waals surface area contributed by atoms with Crippen molar-refractivity contribution in [3.05, 3.63) is 12.5 Å². The Morgan fingerprint density at radius 1 is 1.44 bits per heavy atom. The smallest absolute Gasteiger partial charge is 0.323 e. The highest BCUT2D eigenvalue weighted by Crippen LogP contribution is 2.15. The number of carbonyl (C=O) groups is 1. The number of fused-ring (bicyclic) bond motifs is 1. The molecule has 3 atom stereocenters. The molecule has 0 bridgehead atoms. The highest BCUT2D eigenvalue weighted by Gasteiger charge is 2.22. The van der Waals surface area contributed by atoms with E-state index >= 15 is 0 Å². The van der Waals surface area contributed by atoms with Crippen LogP contribution in [0.5, 0.6) is 0 Å². The fourth-order valence-electron chi connectivity index (χ4n) is 2.47. The van der Waals surface area contributed by atoms with E-state index in [1.807, 2.05) is 18.4 Å². The van der Waals surface area contributed by atoms with Crippen molar-refractivity contribution < 1.29 is 14.6 Å². The molecule has 9 heteroatoms. The van der Waals surface area contributed by atoms with Crippen molar-refractivity contribution in [2.24, 2.45) is 17.6 Å². The molecule has 0 saturated heterocycles. The van der Waals surface area contributed by atoms with Gasteiger partial charge in [-0.2, -0.15) is 4.98 Å². The van der Waals surface area contributed by atoms with Gasteiger partial charge in [-0.3, -0.25) is 4.79 Å². The number of nitrogens with two attached hydrogens (primary N) is 2. The monoisotopic (exact) mass is 350 g/mol. The zero-order valence-corrected chi connectivity index (χ0v) is 14.6. The fraction of sp³-hybridized carbons (Fsp3) is 0.625. The molecule has 0 spiro atoms. The van der Waals surface area contributed by atoms with Gasteiger partial charge in [0.1, 0.15) is 11.6 Å². The van der Waals surface area contributed by atoms with Gasteiger partial charge in [0.15, 0.2) is 5.65 Å². The molecule has 0 aliphatic carbocycles. The van der Waals surface area contributed by atoms with Gasteiger partial charge in [-0.15, -0.1) is 0 Å². The molecule has 2 rings (SSSR count). The Bertz CT molecular complexity index is 704. The summed E-state index contributed by atoms with van der Waals surface area (Å²) in [4.78, 5) is 24.4. The molecule has 0 aliphatic rings. The Kier molecular flexibility index (Phi) is 6.65. The van der Waals surface area contributed by atoms with Crippen molar-refractivity contribution in [2.45, 2.75) is 39.3 Å². The Morgan fingerprint density at radius 2 is 2.20 bits per heavy atom. The third-order valence-corrected chi connectivity index (χ3v) is 4.36. The molecule has 9 nitrogen and oxygen atoms in total. The van der Waals surface area contributed by atoms with Gasteiger partial charge < -0.3 is 25.9 Å². The van der Waals surface area contributed by atoms with Gasteiger partial charge in [-0.05, 0) is 12.3 Å². The van der Waals surface area contributed by atoms with Crippen LogP contribution in [0, 0.1) is 11.8 Å². The van der Waals surface area contributed by atoms with E-state index in [0.717, 1.165) is 6.42 Å². The molecule has 5 N–H and O–H groups in total. The molecule has 0 fully saturated rings. The van der Waals surface area contributed by atoms with E-state index in [-0.39, 0.29) is 31.0 Å². The number of carbonyl (C=O) groups excluding carboxylic acids is 1. The van der Waals surface area contributed by atoms with Gasteiger partial charge >= 0.3 is 5.97 Å². The second kappa shape index (κ2) is 8.72. The van der Waals surface area contributed by atoms with Gasteiger partial charge in [0, 0.05) is 19.1 Å². The van der Waals surface area contributed by atoms with Crippen molar-refractivity contribution in [2.75, 3.05) is 18.9 Å². The third kappa shape index (κ3) is 4.86. The lowest BCUT2D eigenvalue weighted by Gasteiger charge is -2.20. The second-order valence-corrected chi connectivity index (χ2v) is 6.25. The Morgan fingerprint density at radius 3 is 2.88 bits per heavy atom. The van der Waals surface area contributed by atoms with E-state index in [2.05, 4.69) is 15.0 Å². The van der Waals surface area contributed by atoms with Crippen LogP contribution in [0.2, 0.25) is 0 Å². The zero-order chi connectivity index (χ0) is 18.4. The number of aliphatic hydroxyl groups excluding tert-OH is 1. The third-order valence-electron chi connectivity index (χ3n) is 4.36. The lowest BCUT2D eigenvalue weighted by molar-refractivity contribution is -0.148. The van der Waals surface area contributed by atoms with Crippen LogP contribution in [0.3, 0.4) is 0 Å². The number of anilines is 1. The van der Waals surface area contributed by atoms with Crippen LogP contribution in [0.4, 0.5) is 5.95 Å². The van der Waals surface area contributed by atoms with Crippen molar-refractivity contribution >= 4 is 23.1 Å². The van der Waals surface area contributed by atoms with Crippen LogP contribution in [-0.4, -0.2) is 49.9 Å². The topological polar surface area (TPSA) is 142 Å². The number of nitrogen functional groups attached to an aromatic ring is 1. The molecule has 0 amide bonds. The van der Waals surface area contributed by atoms with Crippen molar-refractivity contribution in [3.63, 3.8) is 0 Å². The maximum Gasteiger partial charge on any atom is 0.323 e. The Balaban J connectivity index is 2.02. The predicted molar refractivity (Wildman–Crippen MR) is 93.3 cm³/mol. The summed E-state index contributed by atoms with van der Waals surface area (Å²) in [5, 5.41) is 9.29. The van der Waals surface area contributed by atoms with Crippen LogP contribution in [0.1, 0.15) is 26.7 Å². The molecule has 0 aromatic carbocycles. The van der Waals surface area contributed by atoms with E-state index in [0.29, 0.717) is 24.1 Å². The maximum atomic E-state index is 12.0. The number of nitrogens with zero attached hydrogens (tertiary/aromatic N) is 4. The van der Waals surface area contributed by atoms with Gasteiger partial charge in [0.25, 0.3) is 0 Å². The molecule has 0 aliphatic heterocycles. The summed E-state index contributed by atoms with van der Waals surface area (Å²) in [5.41, 5.74) is 12.8. The maximum absolute atomic E-state index is 12.0. The Labute approximate surface area is 146 Å². The standard InChI is InChI=1S/C16H26N6O3/c1-3-10(2)13(17)15(24)25-8-11(4-5-23)7-22-9-20-12-6-19-16(18)21-14(12)22/h6,9-11,13,23H,3-5,7-8,17H2,1-2H3,(H2,18,19,21)/t10-,11?,13-/m0/s1. The van der Waals surface area contributed by atoms with Gasteiger partial charge in [-0.1, -0.05) is 20.3 Å². The van der Waals surface area contributed by atoms with E-state index < -0.39 is 12.0 Å². The fourth-order valence-corrected chi connectivity index (χ4v) is 2.47. The number of esters is 1. The minimum absolute atomic E-state index is 0.0105. The summed E-state index contributed by atoms with van der Waals surface area (Å²) in [5.74, 6) is -0.286. The number of aliphatic hydroxyl groups is 1. The summed E-state index contributed by atoms with van der Waals surface area (Å²) in [7, 11) is 0.